The zero-order valence-electron chi connectivity index (χ0n) is 26.6. The number of nitrogens with zero attached hydrogens (tertiary/aromatic N) is 2. The first-order valence-electron chi connectivity index (χ1n) is 16.0. The van der Waals surface area contributed by atoms with Crippen molar-refractivity contribution in [1.29, 1.82) is 0 Å². The standard InChI is InChI=1S/C36H42ClN5O4/c1-23-13-17-42(18-14-23)36(46)28-10-12-31(24(2)21-28)39-33(43)25(3)41-19-15-26(16-20-41)34(44)40-32-22-27(9-11-30(32)37)35(45)38-29-7-5-4-6-8-29/h4-12,21-23,25-26H,13-20H2,1-3H3,(H,38,45)(H,39,43)(H,40,44). The molecule has 2 aliphatic heterocycles. The maximum atomic E-state index is 13.2. The van der Waals surface area contributed by atoms with Crippen molar-refractivity contribution in [3.05, 3.63) is 88.4 Å². The van der Waals surface area contributed by atoms with Gasteiger partial charge in [0.25, 0.3) is 11.8 Å². The van der Waals surface area contributed by atoms with Crippen molar-refractivity contribution in [2.75, 3.05) is 42.1 Å². The number of likely N-dealkylation sites (tertiary alicyclic amines) is 2. The van der Waals surface area contributed by atoms with E-state index in [1.807, 2.05) is 49.1 Å². The predicted molar refractivity (Wildman–Crippen MR) is 182 cm³/mol. The number of piperidine rings is 2. The summed E-state index contributed by atoms with van der Waals surface area (Å²) in [5, 5.41) is 9.12. The predicted octanol–water partition coefficient (Wildman–Crippen LogP) is 6.45. The average Bonchev–Trinajstić information content (AvgIpc) is 3.06. The van der Waals surface area contributed by atoms with Crippen LogP contribution in [0.15, 0.2) is 66.7 Å². The van der Waals surface area contributed by atoms with E-state index in [1.54, 1.807) is 36.4 Å². The Bertz CT molecular complexity index is 1580. The minimum Gasteiger partial charge on any atom is -0.339 e. The van der Waals surface area contributed by atoms with Crippen LogP contribution in [0.4, 0.5) is 17.1 Å². The second-order valence-corrected chi connectivity index (χ2v) is 12.9. The highest BCUT2D eigenvalue weighted by molar-refractivity contribution is 6.34. The van der Waals surface area contributed by atoms with Crippen LogP contribution in [0.2, 0.25) is 5.02 Å². The number of anilines is 3. The fourth-order valence-electron chi connectivity index (χ4n) is 6.00. The Morgan fingerprint density at radius 2 is 1.46 bits per heavy atom. The molecule has 0 radical (unpaired) electrons. The van der Waals surface area contributed by atoms with Gasteiger partial charge in [0.05, 0.1) is 16.8 Å². The first-order valence-corrected chi connectivity index (χ1v) is 16.4. The summed E-state index contributed by atoms with van der Waals surface area (Å²) in [6, 6.07) is 19.0. The highest BCUT2D eigenvalue weighted by Gasteiger charge is 2.30. The van der Waals surface area contributed by atoms with Crippen LogP contribution >= 0.6 is 11.6 Å². The molecule has 10 heteroatoms. The molecular formula is C36H42ClN5O4. The van der Waals surface area contributed by atoms with Crippen LogP contribution in [0.5, 0.6) is 0 Å². The van der Waals surface area contributed by atoms with Crippen molar-refractivity contribution in [1.82, 2.24) is 9.80 Å². The molecule has 3 aromatic carbocycles. The average molecular weight is 644 g/mol. The number of aryl methyl sites for hydroxylation is 1. The molecule has 2 fully saturated rings. The van der Waals surface area contributed by atoms with Crippen LogP contribution in [0, 0.1) is 18.8 Å². The van der Waals surface area contributed by atoms with E-state index in [1.165, 1.54) is 0 Å². The van der Waals surface area contributed by atoms with Gasteiger partial charge in [0.2, 0.25) is 11.8 Å². The molecule has 1 atom stereocenters. The van der Waals surface area contributed by atoms with Crippen molar-refractivity contribution < 1.29 is 19.2 Å². The lowest BCUT2D eigenvalue weighted by Crippen LogP contribution is -2.47. The van der Waals surface area contributed by atoms with Crippen LogP contribution in [0.3, 0.4) is 0 Å². The minimum absolute atomic E-state index is 0.0386. The van der Waals surface area contributed by atoms with Crippen molar-refractivity contribution >= 4 is 52.3 Å². The van der Waals surface area contributed by atoms with E-state index in [-0.39, 0.29) is 29.5 Å². The van der Waals surface area contributed by atoms with Crippen molar-refractivity contribution in [2.24, 2.45) is 11.8 Å². The quantitative estimate of drug-likeness (QED) is 0.261. The second kappa shape index (κ2) is 14.9. The number of rotatable bonds is 8. The summed E-state index contributed by atoms with van der Waals surface area (Å²) in [5.41, 5.74) is 3.61. The van der Waals surface area contributed by atoms with Gasteiger partial charge in [-0.25, -0.2) is 0 Å². The van der Waals surface area contributed by atoms with E-state index in [4.69, 9.17) is 11.6 Å². The summed E-state index contributed by atoms with van der Waals surface area (Å²) in [5.74, 6) is -0.157. The number of carbonyl (C=O) groups excluding carboxylic acids is 4. The smallest absolute Gasteiger partial charge is 0.255 e. The monoisotopic (exact) mass is 643 g/mol. The third-order valence-corrected chi connectivity index (χ3v) is 9.48. The van der Waals surface area contributed by atoms with E-state index in [0.717, 1.165) is 31.5 Å². The maximum Gasteiger partial charge on any atom is 0.255 e. The first-order chi connectivity index (χ1) is 22.1. The molecule has 2 saturated heterocycles. The largest absolute Gasteiger partial charge is 0.339 e. The molecule has 46 heavy (non-hydrogen) atoms. The van der Waals surface area contributed by atoms with Gasteiger partial charge in [-0.1, -0.05) is 36.7 Å². The molecule has 242 valence electrons. The first kappa shape index (κ1) is 33.2. The van der Waals surface area contributed by atoms with Crippen molar-refractivity contribution in [3.63, 3.8) is 0 Å². The molecule has 4 amide bonds. The summed E-state index contributed by atoms with van der Waals surface area (Å²) in [7, 11) is 0. The molecule has 2 heterocycles. The molecule has 0 saturated carbocycles. The summed E-state index contributed by atoms with van der Waals surface area (Å²) >= 11 is 6.37. The molecule has 0 spiro atoms. The van der Waals surface area contributed by atoms with Gasteiger partial charge in [0, 0.05) is 41.5 Å². The van der Waals surface area contributed by atoms with E-state index in [0.29, 0.717) is 65.1 Å². The van der Waals surface area contributed by atoms with Gasteiger partial charge in [0.15, 0.2) is 0 Å². The molecule has 5 rings (SSSR count). The summed E-state index contributed by atoms with van der Waals surface area (Å²) in [4.78, 5) is 56.1. The third-order valence-electron chi connectivity index (χ3n) is 9.15. The van der Waals surface area contributed by atoms with E-state index in [9.17, 15) is 19.2 Å². The van der Waals surface area contributed by atoms with Gasteiger partial charge in [-0.2, -0.15) is 0 Å². The fourth-order valence-corrected chi connectivity index (χ4v) is 6.17. The fraction of sp³-hybridized carbons (Fsp3) is 0.389. The Hall–Kier alpha value is -4.21. The topological polar surface area (TPSA) is 111 Å². The molecule has 0 aromatic heterocycles. The molecule has 3 aromatic rings. The van der Waals surface area contributed by atoms with Crippen LogP contribution < -0.4 is 16.0 Å². The number of halogens is 1. The number of carbonyl (C=O) groups is 4. The van der Waals surface area contributed by atoms with Gasteiger partial charge in [-0.15, -0.1) is 0 Å². The normalized spacial score (nSPS) is 16.8. The van der Waals surface area contributed by atoms with Gasteiger partial charge >= 0.3 is 0 Å². The lowest BCUT2D eigenvalue weighted by Gasteiger charge is -2.35. The maximum absolute atomic E-state index is 13.2. The number of hydrogen-bond donors (Lipinski definition) is 3. The van der Waals surface area contributed by atoms with Crippen LogP contribution in [-0.4, -0.2) is 65.6 Å². The van der Waals surface area contributed by atoms with Crippen LogP contribution in [-0.2, 0) is 9.59 Å². The number of amides is 4. The van der Waals surface area contributed by atoms with Crippen molar-refractivity contribution in [2.45, 2.75) is 52.5 Å². The third kappa shape index (κ3) is 8.13. The lowest BCUT2D eigenvalue weighted by molar-refractivity contribution is -0.123. The Labute approximate surface area is 275 Å². The van der Waals surface area contributed by atoms with Crippen LogP contribution in [0.1, 0.15) is 65.8 Å². The highest BCUT2D eigenvalue weighted by Crippen LogP contribution is 2.27. The molecule has 3 N–H and O–H groups in total. The zero-order chi connectivity index (χ0) is 32.8. The van der Waals surface area contributed by atoms with Crippen LogP contribution in [0.25, 0.3) is 0 Å². The summed E-state index contributed by atoms with van der Waals surface area (Å²) < 4.78 is 0. The highest BCUT2D eigenvalue weighted by atomic mass is 35.5. The molecule has 1 unspecified atom stereocenters. The number of nitrogens with one attached hydrogen (secondary N) is 3. The Kier molecular flexibility index (Phi) is 10.8. The SMILES string of the molecule is Cc1cc(C(=O)N2CCC(C)CC2)ccc1NC(=O)C(C)N1CCC(C(=O)Nc2cc(C(=O)Nc3ccccc3)ccc2Cl)CC1. The molecule has 0 bridgehead atoms. The van der Waals surface area contributed by atoms with E-state index < -0.39 is 6.04 Å². The molecule has 2 aliphatic rings. The Morgan fingerprint density at radius 1 is 0.783 bits per heavy atom. The lowest BCUT2D eigenvalue weighted by atomic mass is 9.94. The summed E-state index contributed by atoms with van der Waals surface area (Å²) in [6.45, 7) is 8.72. The van der Waals surface area contributed by atoms with Gasteiger partial charge in [-0.3, -0.25) is 24.1 Å². The number of hydrogen-bond acceptors (Lipinski definition) is 5. The minimum atomic E-state index is -0.394. The van der Waals surface area contributed by atoms with Crippen molar-refractivity contribution in [3.8, 4) is 0 Å². The van der Waals surface area contributed by atoms with E-state index >= 15 is 0 Å². The Balaban J connectivity index is 1.11. The van der Waals surface area contributed by atoms with Gasteiger partial charge in [0.1, 0.15) is 0 Å². The molecule has 9 nitrogen and oxygen atoms in total. The number of para-hydroxylation sites is 1. The van der Waals surface area contributed by atoms with Gasteiger partial charge < -0.3 is 20.9 Å². The zero-order valence-corrected chi connectivity index (χ0v) is 27.4. The molecule has 0 aliphatic carbocycles. The number of benzene rings is 3. The van der Waals surface area contributed by atoms with E-state index in [2.05, 4.69) is 27.8 Å². The Morgan fingerprint density at radius 3 is 2.13 bits per heavy atom. The van der Waals surface area contributed by atoms with Gasteiger partial charge in [-0.05, 0) is 113 Å². The summed E-state index contributed by atoms with van der Waals surface area (Å²) in [6.07, 6.45) is 3.22. The second-order valence-electron chi connectivity index (χ2n) is 12.5. The molecular weight excluding hydrogens is 602 g/mol.